The molecule has 0 amide bonds. The third kappa shape index (κ3) is 5.86. The number of aliphatic carboxylic acids is 3. The fourth-order valence-corrected chi connectivity index (χ4v) is 1.79. The van der Waals surface area contributed by atoms with Crippen LogP contribution in [0.25, 0.3) is 6.08 Å². The molecule has 0 aliphatic rings. The average molecular weight is 354 g/mol. The number of aromatic hydroxyl groups is 2. The number of ether oxygens (including phenoxy) is 1. The van der Waals surface area contributed by atoms with E-state index >= 15 is 0 Å². The first-order valence-corrected chi connectivity index (χ1v) is 6.70. The van der Waals surface area contributed by atoms with Gasteiger partial charge < -0.3 is 30.3 Å². The summed E-state index contributed by atoms with van der Waals surface area (Å²) < 4.78 is 4.53. The molecule has 0 fully saturated rings. The lowest BCUT2D eigenvalue weighted by Gasteiger charge is -2.18. The van der Waals surface area contributed by atoms with Gasteiger partial charge in [0.15, 0.2) is 11.5 Å². The number of carbonyl (C=O) groups excluding carboxylic acids is 1. The Balaban J connectivity index is 2.89. The minimum absolute atomic E-state index is 0.263. The van der Waals surface area contributed by atoms with Crippen molar-refractivity contribution < 1.29 is 49.4 Å². The van der Waals surface area contributed by atoms with E-state index in [9.17, 15) is 24.3 Å². The molecule has 1 aromatic carbocycles. The summed E-state index contributed by atoms with van der Waals surface area (Å²) in [5, 5.41) is 45.0. The van der Waals surface area contributed by atoms with Crippen molar-refractivity contribution in [1.82, 2.24) is 0 Å². The summed E-state index contributed by atoms with van der Waals surface area (Å²) in [5.74, 6) is -9.14. The maximum Gasteiger partial charge on any atom is 0.345 e. The van der Waals surface area contributed by atoms with E-state index in [4.69, 9.17) is 20.4 Å². The highest BCUT2D eigenvalue weighted by Crippen LogP contribution is 2.25. The summed E-state index contributed by atoms with van der Waals surface area (Å²) >= 11 is 0. The Morgan fingerprint density at radius 3 is 2.12 bits per heavy atom. The van der Waals surface area contributed by atoms with Crippen molar-refractivity contribution in [3.8, 4) is 11.5 Å². The van der Waals surface area contributed by atoms with Crippen LogP contribution < -0.4 is 0 Å². The quantitative estimate of drug-likeness (QED) is 0.247. The fraction of sp³-hybridized carbons (Fsp3) is 0.200. The van der Waals surface area contributed by atoms with E-state index in [-0.39, 0.29) is 11.3 Å². The predicted molar refractivity (Wildman–Crippen MR) is 79.7 cm³/mol. The van der Waals surface area contributed by atoms with Crippen LogP contribution in [0.15, 0.2) is 24.3 Å². The molecule has 0 heterocycles. The molecule has 0 aliphatic heterocycles. The number of hydrogen-bond donors (Lipinski definition) is 5. The number of phenols is 2. The van der Waals surface area contributed by atoms with Crippen LogP contribution in [-0.4, -0.2) is 55.5 Å². The zero-order valence-corrected chi connectivity index (χ0v) is 12.5. The first-order valence-electron chi connectivity index (χ1n) is 6.70. The highest BCUT2D eigenvalue weighted by molar-refractivity contribution is 5.91. The monoisotopic (exact) mass is 354 g/mol. The number of hydrogen-bond acceptors (Lipinski definition) is 7. The van der Waals surface area contributed by atoms with Gasteiger partial charge in [-0.1, -0.05) is 6.07 Å². The SMILES string of the molecule is O=C(O)CC(C(=O)O)C(OC(=O)C=Cc1ccc(O)c(O)c1)C(=O)O. The predicted octanol–water partition coefficient (Wildman–Crippen LogP) is 0.283. The molecule has 0 radical (unpaired) electrons. The summed E-state index contributed by atoms with van der Waals surface area (Å²) in [5.41, 5.74) is 0.263. The average Bonchev–Trinajstić information content (AvgIpc) is 2.51. The zero-order valence-electron chi connectivity index (χ0n) is 12.5. The van der Waals surface area contributed by atoms with Crippen LogP contribution in [0.4, 0.5) is 0 Å². The van der Waals surface area contributed by atoms with Gasteiger partial charge in [0, 0.05) is 6.08 Å². The summed E-state index contributed by atoms with van der Waals surface area (Å²) in [4.78, 5) is 44.4. The van der Waals surface area contributed by atoms with E-state index in [2.05, 4.69) is 4.74 Å². The Morgan fingerprint density at radius 2 is 1.64 bits per heavy atom. The first-order chi connectivity index (χ1) is 11.6. The van der Waals surface area contributed by atoms with Gasteiger partial charge >= 0.3 is 23.9 Å². The van der Waals surface area contributed by atoms with Crippen molar-refractivity contribution in [2.45, 2.75) is 12.5 Å². The van der Waals surface area contributed by atoms with Crippen LogP contribution in [0.1, 0.15) is 12.0 Å². The molecule has 0 aliphatic carbocycles. The van der Waals surface area contributed by atoms with Gasteiger partial charge in [0.05, 0.1) is 6.42 Å². The lowest BCUT2D eigenvalue weighted by molar-refractivity contribution is -0.172. The molecule has 2 unspecified atom stereocenters. The molecule has 0 aromatic heterocycles. The molecule has 10 nitrogen and oxygen atoms in total. The molecule has 1 rings (SSSR count). The van der Waals surface area contributed by atoms with Crippen molar-refractivity contribution in [2.75, 3.05) is 0 Å². The minimum Gasteiger partial charge on any atom is -0.504 e. The van der Waals surface area contributed by atoms with Crippen molar-refractivity contribution in [3.63, 3.8) is 0 Å². The molecule has 10 heteroatoms. The van der Waals surface area contributed by atoms with E-state index in [1.807, 2.05) is 0 Å². The van der Waals surface area contributed by atoms with Gasteiger partial charge in [0.25, 0.3) is 0 Å². The Bertz CT molecular complexity index is 721. The smallest absolute Gasteiger partial charge is 0.345 e. The van der Waals surface area contributed by atoms with E-state index in [1.54, 1.807) is 0 Å². The molecular formula is C15H14O10. The summed E-state index contributed by atoms with van der Waals surface area (Å²) in [6.45, 7) is 0. The molecule has 5 N–H and O–H groups in total. The standard InChI is InChI=1S/C15H14O10/c16-9-3-1-7(5-10(9)17)2-4-12(20)25-13(15(23)24)8(14(21)22)6-11(18)19/h1-5,8,13,16-17H,6H2,(H,18,19)(H,21,22)(H,23,24). The van der Waals surface area contributed by atoms with Crippen molar-refractivity contribution in [1.29, 1.82) is 0 Å². The van der Waals surface area contributed by atoms with E-state index in [0.717, 1.165) is 24.3 Å². The number of carboxylic acids is 3. The zero-order chi connectivity index (χ0) is 19.1. The van der Waals surface area contributed by atoms with Crippen LogP contribution in [0.2, 0.25) is 0 Å². The molecule has 2 atom stereocenters. The van der Waals surface area contributed by atoms with Gasteiger partial charge in [-0.2, -0.15) is 0 Å². The van der Waals surface area contributed by atoms with E-state index in [0.29, 0.717) is 0 Å². The second kappa shape index (κ2) is 8.34. The third-order valence-electron chi connectivity index (χ3n) is 2.98. The molecule has 0 spiro atoms. The van der Waals surface area contributed by atoms with Crippen LogP contribution in [0, 0.1) is 5.92 Å². The molecule has 25 heavy (non-hydrogen) atoms. The third-order valence-corrected chi connectivity index (χ3v) is 2.98. The van der Waals surface area contributed by atoms with E-state index in [1.165, 1.54) is 6.07 Å². The second-order valence-electron chi connectivity index (χ2n) is 4.82. The Morgan fingerprint density at radius 1 is 1.00 bits per heavy atom. The van der Waals surface area contributed by atoms with Crippen LogP contribution in [-0.2, 0) is 23.9 Å². The number of carboxylic acid groups (broad SMARTS) is 3. The Kier molecular flexibility index (Phi) is 6.50. The normalized spacial score (nSPS) is 13.1. The minimum atomic E-state index is -2.20. The number of carbonyl (C=O) groups is 4. The highest BCUT2D eigenvalue weighted by atomic mass is 16.6. The van der Waals surface area contributed by atoms with E-state index < -0.39 is 48.1 Å². The molecule has 0 bridgehead atoms. The Labute approximate surface area is 140 Å². The van der Waals surface area contributed by atoms with Crippen molar-refractivity contribution in [2.24, 2.45) is 5.92 Å². The highest BCUT2D eigenvalue weighted by Gasteiger charge is 2.38. The molecular weight excluding hydrogens is 340 g/mol. The fourth-order valence-electron chi connectivity index (χ4n) is 1.79. The van der Waals surface area contributed by atoms with Gasteiger partial charge in [-0.05, 0) is 23.8 Å². The first kappa shape index (κ1) is 19.5. The van der Waals surface area contributed by atoms with Crippen LogP contribution >= 0.6 is 0 Å². The summed E-state index contributed by atoms with van der Waals surface area (Å²) in [7, 11) is 0. The number of rotatable bonds is 8. The van der Waals surface area contributed by atoms with Gasteiger partial charge in [-0.15, -0.1) is 0 Å². The number of phenolic OH excluding ortho intramolecular Hbond substituents is 2. The molecule has 0 saturated heterocycles. The largest absolute Gasteiger partial charge is 0.504 e. The maximum atomic E-state index is 11.7. The lowest BCUT2D eigenvalue weighted by atomic mass is 9.98. The number of benzene rings is 1. The molecule has 0 saturated carbocycles. The second-order valence-corrected chi connectivity index (χ2v) is 4.82. The van der Waals surface area contributed by atoms with Crippen LogP contribution in [0.5, 0.6) is 11.5 Å². The molecule has 1 aromatic rings. The van der Waals surface area contributed by atoms with Gasteiger partial charge in [-0.3, -0.25) is 9.59 Å². The summed E-state index contributed by atoms with van der Waals surface area (Å²) in [6.07, 6.45) is -1.36. The summed E-state index contributed by atoms with van der Waals surface area (Å²) in [6, 6.07) is 3.59. The van der Waals surface area contributed by atoms with Gasteiger partial charge in [0.1, 0.15) is 5.92 Å². The van der Waals surface area contributed by atoms with Crippen molar-refractivity contribution >= 4 is 30.0 Å². The van der Waals surface area contributed by atoms with Gasteiger partial charge in [-0.25, -0.2) is 9.59 Å². The lowest BCUT2D eigenvalue weighted by Crippen LogP contribution is -2.39. The maximum absolute atomic E-state index is 11.7. The van der Waals surface area contributed by atoms with Gasteiger partial charge in [0.2, 0.25) is 6.10 Å². The molecule has 134 valence electrons. The van der Waals surface area contributed by atoms with Crippen molar-refractivity contribution in [3.05, 3.63) is 29.8 Å². The Hall–Kier alpha value is -3.56. The van der Waals surface area contributed by atoms with Crippen LogP contribution in [0.3, 0.4) is 0 Å². The number of esters is 1. The topological polar surface area (TPSA) is 179 Å².